The van der Waals surface area contributed by atoms with Crippen LogP contribution < -0.4 is 4.74 Å². The zero-order valence-electron chi connectivity index (χ0n) is 22.1. The number of esters is 3. The molecular weight excluding hydrogens is 492 g/mol. The quantitative estimate of drug-likeness (QED) is 0.134. The minimum atomic E-state index is -1.46. The second-order valence-electron chi connectivity index (χ2n) is 7.79. The molecule has 0 fully saturated rings. The molecular formula is C25H38O12. The molecule has 0 saturated carbocycles. The summed E-state index contributed by atoms with van der Waals surface area (Å²) >= 11 is 0. The van der Waals surface area contributed by atoms with Gasteiger partial charge < -0.3 is 38.3 Å². The molecule has 1 aromatic carbocycles. The molecule has 210 valence electrons. The van der Waals surface area contributed by atoms with Gasteiger partial charge in [-0.15, -0.1) is 0 Å². The molecule has 0 atom stereocenters. The Morgan fingerprint density at radius 3 is 2.03 bits per heavy atom. The van der Waals surface area contributed by atoms with Crippen LogP contribution in [0.1, 0.15) is 37.0 Å². The molecule has 12 nitrogen and oxygen atoms in total. The Bertz CT molecular complexity index is 816. The van der Waals surface area contributed by atoms with Crippen molar-refractivity contribution in [2.75, 3.05) is 67.6 Å². The first-order chi connectivity index (χ1) is 17.5. The van der Waals surface area contributed by atoms with Crippen LogP contribution in [-0.2, 0) is 42.8 Å². The highest BCUT2D eigenvalue weighted by Crippen LogP contribution is 2.18. The largest absolute Gasteiger partial charge is 0.490 e. The third-order valence-corrected chi connectivity index (χ3v) is 4.28. The van der Waals surface area contributed by atoms with Gasteiger partial charge in [0.15, 0.2) is 5.78 Å². The molecule has 0 radical (unpaired) electrons. The van der Waals surface area contributed by atoms with Gasteiger partial charge in [0.2, 0.25) is 0 Å². The molecule has 0 aliphatic carbocycles. The van der Waals surface area contributed by atoms with Crippen molar-refractivity contribution in [3.05, 3.63) is 29.8 Å². The Kier molecular flexibility index (Phi) is 18.4. The summed E-state index contributed by atoms with van der Waals surface area (Å²) in [4.78, 5) is 44.8. The lowest BCUT2D eigenvalue weighted by Gasteiger charge is -2.16. The third-order valence-electron chi connectivity index (χ3n) is 4.28. The lowest BCUT2D eigenvalue weighted by Crippen LogP contribution is -2.31. The van der Waals surface area contributed by atoms with E-state index in [1.165, 1.54) is 34.1 Å². The number of methoxy groups -OCH3 is 3. The molecule has 0 bridgehead atoms. The van der Waals surface area contributed by atoms with Crippen LogP contribution in [0.2, 0.25) is 0 Å². The summed E-state index contributed by atoms with van der Waals surface area (Å²) in [5.74, 6) is -1.36. The second kappa shape index (κ2) is 20.0. The van der Waals surface area contributed by atoms with E-state index < -0.39 is 23.3 Å². The lowest BCUT2D eigenvalue weighted by atomic mass is 9.97. The summed E-state index contributed by atoms with van der Waals surface area (Å²) in [5, 5.41) is 9.73. The highest BCUT2D eigenvalue weighted by atomic mass is 16.6. The van der Waals surface area contributed by atoms with Crippen LogP contribution in [-0.4, -0.2) is 102 Å². The van der Waals surface area contributed by atoms with Crippen LogP contribution in [0.4, 0.5) is 0 Å². The normalized spacial score (nSPS) is 10.5. The van der Waals surface area contributed by atoms with E-state index in [1.54, 1.807) is 25.3 Å². The number of benzene rings is 1. The highest BCUT2D eigenvalue weighted by Gasteiger charge is 2.25. The highest BCUT2D eigenvalue weighted by molar-refractivity contribution is 6.02. The first-order valence-corrected chi connectivity index (χ1v) is 11.5. The fourth-order valence-corrected chi connectivity index (χ4v) is 2.35. The summed E-state index contributed by atoms with van der Waals surface area (Å²) in [7, 11) is 4.18. The molecule has 1 rings (SSSR count). The van der Waals surface area contributed by atoms with Crippen LogP contribution in [0, 0.1) is 0 Å². The van der Waals surface area contributed by atoms with E-state index >= 15 is 0 Å². The molecule has 0 aliphatic rings. The second-order valence-corrected chi connectivity index (χ2v) is 7.79. The van der Waals surface area contributed by atoms with Gasteiger partial charge in [0.25, 0.3) is 0 Å². The van der Waals surface area contributed by atoms with E-state index in [2.05, 4.69) is 9.47 Å². The average molecular weight is 531 g/mol. The molecule has 0 saturated heterocycles. The van der Waals surface area contributed by atoms with Crippen molar-refractivity contribution in [2.24, 2.45) is 0 Å². The smallest absolute Gasteiger partial charge is 0.331 e. The predicted octanol–water partition coefficient (Wildman–Crippen LogP) is 1.35. The molecule has 0 heterocycles. The van der Waals surface area contributed by atoms with Gasteiger partial charge in [-0.25, -0.2) is 4.79 Å². The summed E-state index contributed by atoms with van der Waals surface area (Å²) < 4.78 is 33.9. The van der Waals surface area contributed by atoms with Crippen molar-refractivity contribution in [1.82, 2.24) is 0 Å². The van der Waals surface area contributed by atoms with Gasteiger partial charge >= 0.3 is 17.9 Å². The van der Waals surface area contributed by atoms with Crippen molar-refractivity contribution in [3.63, 3.8) is 0 Å². The number of carbonyl (C=O) groups is 4. The van der Waals surface area contributed by atoms with E-state index in [4.69, 9.17) is 23.7 Å². The predicted molar refractivity (Wildman–Crippen MR) is 130 cm³/mol. The summed E-state index contributed by atoms with van der Waals surface area (Å²) in [5.41, 5.74) is -1.14. The lowest BCUT2D eigenvalue weighted by molar-refractivity contribution is -0.149. The van der Waals surface area contributed by atoms with Gasteiger partial charge in [-0.05, 0) is 26.0 Å². The maximum Gasteiger partial charge on any atom is 0.331 e. The van der Waals surface area contributed by atoms with Crippen LogP contribution >= 0.6 is 0 Å². The summed E-state index contributed by atoms with van der Waals surface area (Å²) in [6, 6.07) is 6.39. The first-order valence-electron chi connectivity index (χ1n) is 11.5. The Labute approximate surface area is 217 Å². The average Bonchev–Trinajstić information content (AvgIpc) is 2.88. The van der Waals surface area contributed by atoms with E-state index in [-0.39, 0.29) is 38.6 Å². The Hall–Kier alpha value is -3.06. The number of hydrogen-bond donors (Lipinski definition) is 1. The van der Waals surface area contributed by atoms with E-state index in [1.807, 2.05) is 0 Å². The Balaban J connectivity index is 0.000000845. The minimum Gasteiger partial charge on any atom is -0.490 e. The van der Waals surface area contributed by atoms with Crippen LogP contribution in [0.15, 0.2) is 24.3 Å². The monoisotopic (exact) mass is 530 g/mol. The van der Waals surface area contributed by atoms with Gasteiger partial charge in [-0.1, -0.05) is 12.1 Å². The van der Waals surface area contributed by atoms with E-state index in [0.717, 1.165) is 0 Å². The van der Waals surface area contributed by atoms with Crippen molar-refractivity contribution >= 4 is 23.7 Å². The number of ketones is 1. The zero-order chi connectivity index (χ0) is 28.1. The Morgan fingerprint density at radius 2 is 1.41 bits per heavy atom. The molecule has 12 heteroatoms. The number of carbonyl (C=O) groups excluding carboxylic acids is 4. The van der Waals surface area contributed by atoms with Gasteiger partial charge in [0, 0.05) is 12.7 Å². The van der Waals surface area contributed by atoms with E-state index in [0.29, 0.717) is 37.7 Å². The molecule has 1 aromatic rings. The fourth-order valence-electron chi connectivity index (χ4n) is 2.35. The Morgan fingerprint density at radius 1 is 0.784 bits per heavy atom. The van der Waals surface area contributed by atoms with Gasteiger partial charge in [-0.2, -0.15) is 0 Å². The van der Waals surface area contributed by atoms with Crippen LogP contribution in [0.25, 0.3) is 0 Å². The molecule has 0 aliphatic heterocycles. The summed E-state index contributed by atoms with van der Waals surface area (Å²) in [6.07, 6.45) is -0.0838. The third kappa shape index (κ3) is 17.9. The van der Waals surface area contributed by atoms with Crippen molar-refractivity contribution in [2.45, 2.75) is 32.3 Å². The number of hydrogen-bond acceptors (Lipinski definition) is 12. The van der Waals surface area contributed by atoms with Crippen molar-refractivity contribution < 1.29 is 57.4 Å². The molecule has 0 amide bonds. The van der Waals surface area contributed by atoms with E-state index in [9.17, 15) is 24.3 Å². The number of ether oxygens (including phenoxy) is 7. The molecule has 0 unspecified atom stereocenters. The molecule has 1 N–H and O–H groups in total. The maximum atomic E-state index is 12.0. The van der Waals surface area contributed by atoms with Crippen LogP contribution in [0.5, 0.6) is 5.75 Å². The zero-order valence-corrected chi connectivity index (χ0v) is 22.1. The van der Waals surface area contributed by atoms with Gasteiger partial charge in [0.1, 0.15) is 31.2 Å². The van der Waals surface area contributed by atoms with Crippen molar-refractivity contribution in [3.8, 4) is 5.75 Å². The first kappa shape index (κ1) is 33.9. The SMILES string of the molecule is COC(=O)CCC(=O)OCCOc1cccc(C(=O)C(C)(C)O)c1.COCCOCCOCC(=O)OC. The fraction of sp³-hybridized carbons (Fsp3) is 0.600. The minimum absolute atomic E-state index is 0.0175. The number of aliphatic hydroxyl groups is 1. The topological polar surface area (TPSA) is 153 Å². The molecule has 0 aromatic heterocycles. The van der Waals surface area contributed by atoms with Gasteiger partial charge in [0.05, 0.1) is 53.5 Å². The number of rotatable bonds is 17. The molecule has 0 spiro atoms. The number of Topliss-reactive ketones (excluding diaryl/α,β-unsaturated/α-hetero) is 1. The standard InChI is InChI=1S/C17H22O7.C8H16O5/c1-17(2,21)16(20)12-5-4-6-13(11-12)23-9-10-24-15(19)8-7-14(18)22-3;1-10-3-4-12-5-6-13-7-8(9)11-2/h4-6,11,21H,7-10H2,1-3H3;3-7H2,1-2H3. The van der Waals surface area contributed by atoms with Crippen LogP contribution in [0.3, 0.4) is 0 Å². The van der Waals surface area contributed by atoms with Crippen molar-refractivity contribution in [1.29, 1.82) is 0 Å². The maximum absolute atomic E-state index is 12.0. The summed E-state index contributed by atoms with van der Waals surface area (Å²) in [6.45, 7) is 4.87. The van der Waals surface area contributed by atoms with Gasteiger partial charge in [-0.3, -0.25) is 14.4 Å². The molecule has 37 heavy (non-hydrogen) atoms.